The van der Waals surface area contributed by atoms with Crippen molar-refractivity contribution in [3.05, 3.63) is 41.7 Å². The second-order valence-electron chi connectivity index (χ2n) is 7.11. The van der Waals surface area contributed by atoms with Crippen LogP contribution in [0.1, 0.15) is 48.0 Å². The molecule has 0 aliphatic heterocycles. The van der Waals surface area contributed by atoms with Gasteiger partial charge in [-0.05, 0) is 65.1 Å². The summed E-state index contributed by atoms with van der Waals surface area (Å²) >= 11 is 0. The van der Waals surface area contributed by atoms with Gasteiger partial charge in [-0.25, -0.2) is 4.68 Å². The van der Waals surface area contributed by atoms with Crippen molar-refractivity contribution in [2.45, 2.75) is 38.6 Å². The lowest BCUT2D eigenvalue weighted by Gasteiger charge is -2.19. The van der Waals surface area contributed by atoms with E-state index in [1.165, 1.54) is 32.1 Å². The molecule has 1 aromatic carbocycles. The number of tetrazole rings is 1. The summed E-state index contributed by atoms with van der Waals surface area (Å²) in [5.74, 6) is 2.49. The quantitative estimate of drug-likeness (QED) is 0.915. The first kappa shape index (κ1) is 15.3. The van der Waals surface area contributed by atoms with Gasteiger partial charge < -0.3 is 5.32 Å². The number of rotatable bonds is 5. The van der Waals surface area contributed by atoms with Gasteiger partial charge in [-0.15, -0.1) is 5.10 Å². The molecule has 2 aliphatic rings. The Hall–Kier alpha value is -2.24. The summed E-state index contributed by atoms with van der Waals surface area (Å²) in [6, 6.07) is 7.67. The fraction of sp³-hybridized carbons (Fsp3) is 0.556. The molecule has 1 amide bonds. The van der Waals surface area contributed by atoms with Crippen LogP contribution in [0.15, 0.2) is 30.6 Å². The first-order chi connectivity index (χ1) is 11.8. The molecule has 2 fully saturated rings. The number of hydrogen-bond acceptors (Lipinski definition) is 4. The fourth-order valence-electron chi connectivity index (χ4n) is 4.47. The number of carbonyl (C=O) groups excluding carboxylic acids is 1. The molecule has 0 bridgehead atoms. The van der Waals surface area contributed by atoms with Gasteiger partial charge in [-0.3, -0.25) is 4.79 Å². The molecular weight excluding hydrogens is 302 g/mol. The van der Waals surface area contributed by atoms with Crippen LogP contribution in [0.3, 0.4) is 0 Å². The number of aromatic nitrogens is 4. The molecule has 2 aromatic rings. The molecule has 3 atom stereocenters. The molecule has 6 heteroatoms. The number of benzene rings is 1. The Morgan fingerprint density at radius 2 is 2.04 bits per heavy atom. The van der Waals surface area contributed by atoms with Crippen LogP contribution in [0.2, 0.25) is 0 Å². The minimum Gasteiger partial charge on any atom is -0.352 e. The molecule has 24 heavy (non-hydrogen) atoms. The van der Waals surface area contributed by atoms with E-state index in [9.17, 15) is 4.79 Å². The molecule has 1 N–H and O–H groups in total. The number of carbonyl (C=O) groups is 1. The van der Waals surface area contributed by atoms with E-state index < -0.39 is 0 Å². The molecule has 1 aromatic heterocycles. The highest BCUT2D eigenvalue weighted by atomic mass is 16.1. The van der Waals surface area contributed by atoms with Crippen LogP contribution >= 0.6 is 0 Å². The predicted molar refractivity (Wildman–Crippen MR) is 89.2 cm³/mol. The van der Waals surface area contributed by atoms with Gasteiger partial charge >= 0.3 is 0 Å². The fourth-order valence-corrected chi connectivity index (χ4v) is 4.47. The first-order valence-electron chi connectivity index (χ1n) is 8.87. The second kappa shape index (κ2) is 6.71. The van der Waals surface area contributed by atoms with Crippen LogP contribution in [0, 0.1) is 17.8 Å². The maximum atomic E-state index is 12.4. The third-order valence-electron chi connectivity index (χ3n) is 5.71. The Balaban J connectivity index is 1.31. The van der Waals surface area contributed by atoms with Crippen LogP contribution in [-0.2, 0) is 6.54 Å². The minimum absolute atomic E-state index is 0.0328. The van der Waals surface area contributed by atoms with Crippen LogP contribution in [0.4, 0.5) is 0 Å². The van der Waals surface area contributed by atoms with Crippen LogP contribution < -0.4 is 5.32 Å². The number of nitrogens with one attached hydrogen (secondary N) is 1. The SMILES string of the molecule is O=C(NC[C@H]1CC[C@@H]2CCC[C@@H]21)c1ccc(Cn2cnnn2)cc1. The van der Waals surface area contributed by atoms with Gasteiger partial charge in [0.05, 0.1) is 6.54 Å². The molecule has 0 unspecified atom stereocenters. The first-order valence-corrected chi connectivity index (χ1v) is 8.87. The largest absolute Gasteiger partial charge is 0.352 e. The van der Waals surface area contributed by atoms with E-state index in [1.54, 1.807) is 11.0 Å². The van der Waals surface area contributed by atoms with E-state index in [0.717, 1.165) is 29.5 Å². The summed E-state index contributed by atoms with van der Waals surface area (Å²) in [5.41, 5.74) is 1.79. The Labute approximate surface area is 141 Å². The zero-order valence-corrected chi connectivity index (χ0v) is 13.8. The number of nitrogens with zero attached hydrogens (tertiary/aromatic N) is 4. The van der Waals surface area contributed by atoms with E-state index >= 15 is 0 Å². The summed E-state index contributed by atoms with van der Waals surface area (Å²) < 4.78 is 1.66. The van der Waals surface area contributed by atoms with Gasteiger partial charge in [-0.1, -0.05) is 25.0 Å². The highest BCUT2D eigenvalue weighted by molar-refractivity contribution is 5.94. The van der Waals surface area contributed by atoms with Crippen molar-refractivity contribution in [2.75, 3.05) is 6.54 Å². The highest BCUT2D eigenvalue weighted by Gasteiger charge is 2.38. The predicted octanol–water partition coefficient (Wildman–Crippen LogP) is 2.28. The summed E-state index contributed by atoms with van der Waals surface area (Å²) in [7, 11) is 0. The molecule has 2 saturated carbocycles. The van der Waals surface area contributed by atoms with Crippen LogP contribution in [0.25, 0.3) is 0 Å². The maximum absolute atomic E-state index is 12.4. The van der Waals surface area contributed by atoms with Crippen molar-refractivity contribution < 1.29 is 4.79 Å². The average Bonchev–Trinajstić information content (AvgIpc) is 3.32. The third-order valence-corrected chi connectivity index (χ3v) is 5.71. The lowest BCUT2D eigenvalue weighted by atomic mass is 9.92. The summed E-state index contributed by atoms with van der Waals surface area (Å²) in [6.07, 6.45) is 8.35. The summed E-state index contributed by atoms with van der Waals surface area (Å²) in [5, 5.41) is 14.2. The lowest BCUT2D eigenvalue weighted by Crippen LogP contribution is -2.31. The molecule has 0 radical (unpaired) electrons. The normalized spacial score (nSPS) is 25.6. The molecule has 2 aliphatic carbocycles. The van der Waals surface area contributed by atoms with Crippen molar-refractivity contribution in [1.82, 2.24) is 25.5 Å². The van der Waals surface area contributed by atoms with Gasteiger partial charge in [0, 0.05) is 12.1 Å². The highest BCUT2D eigenvalue weighted by Crippen LogP contribution is 2.47. The van der Waals surface area contributed by atoms with Gasteiger partial charge in [-0.2, -0.15) is 0 Å². The van der Waals surface area contributed by atoms with Gasteiger partial charge in [0.25, 0.3) is 5.91 Å². The lowest BCUT2D eigenvalue weighted by molar-refractivity contribution is 0.0943. The molecule has 126 valence electrons. The van der Waals surface area contributed by atoms with Crippen molar-refractivity contribution in [3.63, 3.8) is 0 Å². The van der Waals surface area contributed by atoms with Gasteiger partial charge in [0.15, 0.2) is 0 Å². The Kier molecular flexibility index (Phi) is 4.28. The van der Waals surface area contributed by atoms with E-state index in [0.29, 0.717) is 12.5 Å². The van der Waals surface area contributed by atoms with E-state index in [-0.39, 0.29) is 5.91 Å². The van der Waals surface area contributed by atoms with Crippen molar-refractivity contribution >= 4 is 5.91 Å². The molecule has 4 rings (SSSR count). The molecule has 0 spiro atoms. The van der Waals surface area contributed by atoms with Gasteiger partial charge in [0.2, 0.25) is 0 Å². The van der Waals surface area contributed by atoms with E-state index in [4.69, 9.17) is 0 Å². The zero-order chi connectivity index (χ0) is 16.4. The number of fused-ring (bicyclic) bond motifs is 1. The Morgan fingerprint density at radius 1 is 1.17 bits per heavy atom. The Bertz CT molecular complexity index is 682. The molecule has 1 heterocycles. The molecular formula is C18H23N5O. The van der Waals surface area contributed by atoms with Gasteiger partial charge in [0.1, 0.15) is 6.33 Å². The third kappa shape index (κ3) is 3.18. The summed E-state index contributed by atoms with van der Waals surface area (Å²) in [4.78, 5) is 12.4. The number of hydrogen-bond donors (Lipinski definition) is 1. The molecule has 6 nitrogen and oxygen atoms in total. The summed E-state index contributed by atoms with van der Waals surface area (Å²) in [6.45, 7) is 1.44. The van der Waals surface area contributed by atoms with Crippen LogP contribution in [-0.4, -0.2) is 32.7 Å². The standard InChI is InChI=1S/C18H23N5O/c24-18(19-10-16-9-8-14-2-1-3-17(14)16)15-6-4-13(5-7-15)11-23-12-20-21-22-23/h4-7,12,14,16-17H,1-3,8-11H2,(H,19,24)/t14-,16+,17-/m0/s1. The second-order valence-corrected chi connectivity index (χ2v) is 7.11. The van der Waals surface area contributed by atoms with E-state index in [1.807, 2.05) is 24.3 Å². The zero-order valence-electron chi connectivity index (χ0n) is 13.8. The molecule has 0 saturated heterocycles. The van der Waals surface area contributed by atoms with Crippen molar-refractivity contribution in [1.29, 1.82) is 0 Å². The monoisotopic (exact) mass is 325 g/mol. The van der Waals surface area contributed by atoms with Crippen molar-refractivity contribution in [3.8, 4) is 0 Å². The maximum Gasteiger partial charge on any atom is 0.251 e. The Morgan fingerprint density at radius 3 is 2.83 bits per heavy atom. The topological polar surface area (TPSA) is 72.7 Å². The van der Waals surface area contributed by atoms with E-state index in [2.05, 4.69) is 20.8 Å². The average molecular weight is 325 g/mol. The van der Waals surface area contributed by atoms with Crippen LogP contribution in [0.5, 0.6) is 0 Å². The smallest absolute Gasteiger partial charge is 0.251 e. The number of amides is 1. The minimum atomic E-state index is 0.0328. The van der Waals surface area contributed by atoms with Crippen molar-refractivity contribution in [2.24, 2.45) is 17.8 Å².